The Morgan fingerprint density at radius 2 is 2.00 bits per heavy atom. The van der Waals surface area contributed by atoms with Gasteiger partial charge in [0.05, 0.1) is 6.54 Å². The van der Waals surface area contributed by atoms with Crippen molar-refractivity contribution in [2.24, 2.45) is 0 Å². The zero-order chi connectivity index (χ0) is 15.4. The summed E-state index contributed by atoms with van der Waals surface area (Å²) >= 11 is 0. The molecule has 6 heteroatoms. The SMILES string of the molecule is CC(CCS(C)=O)N1CC(=O)NC(c2ccccc2)C1=O. The molecule has 0 aromatic heterocycles. The standard InChI is InChI=1S/C15H20N2O3S/c1-11(8-9-21(2)20)17-10-13(18)16-14(15(17)19)12-6-4-3-5-7-12/h3-7,11,14H,8-10H2,1-2H3,(H,16,18). The summed E-state index contributed by atoms with van der Waals surface area (Å²) in [5.74, 6) is 0.269. The van der Waals surface area contributed by atoms with Gasteiger partial charge in [-0.2, -0.15) is 0 Å². The minimum absolute atomic E-state index is 0.0691. The molecule has 1 saturated heterocycles. The third-order valence-electron chi connectivity index (χ3n) is 3.64. The van der Waals surface area contributed by atoms with Gasteiger partial charge in [0.25, 0.3) is 5.91 Å². The Morgan fingerprint density at radius 1 is 1.33 bits per heavy atom. The Labute approximate surface area is 127 Å². The average Bonchev–Trinajstić information content (AvgIpc) is 2.47. The van der Waals surface area contributed by atoms with E-state index < -0.39 is 16.8 Å². The summed E-state index contributed by atoms with van der Waals surface area (Å²) < 4.78 is 11.2. The Balaban J connectivity index is 2.14. The number of carbonyl (C=O) groups excluding carboxylic acids is 2. The van der Waals surface area contributed by atoms with Crippen LogP contribution in [0, 0.1) is 0 Å². The van der Waals surface area contributed by atoms with Gasteiger partial charge in [0.1, 0.15) is 6.04 Å². The summed E-state index contributed by atoms with van der Waals surface area (Å²) in [6, 6.07) is 8.50. The predicted molar refractivity (Wildman–Crippen MR) is 82.1 cm³/mol. The van der Waals surface area contributed by atoms with Crippen LogP contribution in [-0.2, 0) is 20.4 Å². The normalized spacial score (nSPS) is 21.8. The van der Waals surface area contributed by atoms with Crippen molar-refractivity contribution in [3.8, 4) is 0 Å². The van der Waals surface area contributed by atoms with Crippen molar-refractivity contribution in [1.82, 2.24) is 10.2 Å². The Kier molecular flexibility index (Phi) is 5.12. The zero-order valence-electron chi connectivity index (χ0n) is 12.2. The number of nitrogens with one attached hydrogen (secondary N) is 1. The smallest absolute Gasteiger partial charge is 0.250 e. The summed E-state index contributed by atoms with van der Waals surface area (Å²) in [6.45, 7) is 1.96. The highest BCUT2D eigenvalue weighted by molar-refractivity contribution is 7.84. The van der Waals surface area contributed by atoms with Crippen molar-refractivity contribution in [2.75, 3.05) is 18.6 Å². The van der Waals surface area contributed by atoms with Gasteiger partial charge in [0.15, 0.2) is 0 Å². The zero-order valence-corrected chi connectivity index (χ0v) is 13.1. The van der Waals surface area contributed by atoms with Gasteiger partial charge in [-0.1, -0.05) is 30.3 Å². The van der Waals surface area contributed by atoms with Crippen LogP contribution in [0.1, 0.15) is 24.9 Å². The van der Waals surface area contributed by atoms with Gasteiger partial charge in [-0.3, -0.25) is 13.8 Å². The van der Waals surface area contributed by atoms with Crippen molar-refractivity contribution in [3.63, 3.8) is 0 Å². The second-order valence-electron chi connectivity index (χ2n) is 5.29. The second-order valence-corrected chi connectivity index (χ2v) is 6.85. The lowest BCUT2D eigenvalue weighted by molar-refractivity contribution is -0.146. The van der Waals surface area contributed by atoms with E-state index in [9.17, 15) is 13.8 Å². The van der Waals surface area contributed by atoms with E-state index in [0.29, 0.717) is 12.2 Å². The summed E-state index contributed by atoms with van der Waals surface area (Å²) in [5, 5.41) is 2.74. The molecular formula is C15H20N2O3S. The molecule has 0 spiro atoms. The van der Waals surface area contributed by atoms with E-state index >= 15 is 0 Å². The van der Waals surface area contributed by atoms with Crippen molar-refractivity contribution in [2.45, 2.75) is 25.4 Å². The molecule has 1 aliphatic heterocycles. The average molecular weight is 308 g/mol. The molecule has 1 aromatic carbocycles. The lowest BCUT2D eigenvalue weighted by Crippen LogP contribution is -2.56. The molecule has 2 amide bonds. The van der Waals surface area contributed by atoms with Crippen LogP contribution < -0.4 is 5.32 Å². The molecule has 5 nitrogen and oxygen atoms in total. The molecule has 21 heavy (non-hydrogen) atoms. The fourth-order valence-corrected chi connectivity index (χ4v) is 3.08. The molecule has 1 aromatic rings. The molecule has 1 heterocycles. The third-order valence-corrected chi connectivity index (χ3v) is 4.45. The number of piperazine rings is 1. The fraction of sp³-hybridized carbons (Fsp3) is 0.467. The van der Waals surface area contributed by atoms with E-state index in [0.717, 1.165) is 5.56 Å². The molecule has 0 radical (unpaired) electrons. The second kappa shape index (κ2) is 6.85. The lowest BCUT2D eigenvalue weighted by Gasteiger charge is -2.36. The Hall–Kier alpha value is -1.69. The first-order valence-corrected chi connectivity index (χ1v) is 8.66. The number of carbonyl (C=O) groups is 2. The molecule has 1 N–H and O–H groups in total. The van der Waals surface area contributed by atoms with Gasteiger partial charge < -0.3 is 10.2 Å². The molecule has 1 aliphatic rings. The van der Waals surface area contributed by atoms with Crippen LogP contribution in [-0.4, -0.2) is 45.5 Å². The van der Waals surface area contributed by atoms with E-state index in [4.69, 9.17) is 0 Å². The number of hydrogen-bond acceptors (Lipinski definition) is 3. The van der Waals surface area contributed by atoms with Gasteiger partial charge in [-0.25, -0.2) is 0 Å². The number of rotatable bonds is 5. The van der Waals surface area contributed by atoms with Crippen molar-refractivity contribution >= 4 is 22.6 Å². The van der Waals surface area contributed by atoms with Crippen LogP contribution in [0.2, 0.25) is 0 Å². The Morgan fingerprint density at radius 3 is 2.62 bits per heavy atom. The maximum Gasteiger partial charge on any atom is 0.250 e. The molecule has 114 valence electrons. The third kappa shape index (κ3) is 3.91. The molecule has 0 saturated carbocycles. The van der Waals surface area contributed by atoms with Gasteiger partial charge >= 0.3 is 0 Å². The summed E-state index contributed by atoms with van der Waals surface area (Å²) in [4.78, 5) is 26.1. The number of benzene rings is 1. The highest BCUT2D eigenvalue weighted by Gasteiger charge is 2.35. The van der Waals surface area contributed by atoms with Crippen molar-refractivity contribution in [3.05, 3.63) is 35.9 Å². The first-order chi connectivity index (χ1) is 9.99. The van der Waals surface area contributed by atoms with Gasteiger partial charge in [-0.05, 0) is 18.9 Å². The van der Waals surface area contributed by atoms with E-state index in [1.807, 2.05) is 37.3 Å². The minimum Gasteiger partial charge on any atom is -0.339 e. The molecule has 3 unspecified atom stereocenters. The summed E-state index contributed by atoms with van der Waals surface area (Å²) in [5.41, 5.74) is 0.784. The van der Waals surface area contributed by atoms with Crippen LogP contribution in [0.5, 0.6) is 0 Å². The van der Waals surface area contributed by atoms with Crippen LogP contribution in [0.3, 0.4) is 0 Å². The first-order valence-electron chi connectivity index (χ1n) is 6.94. The lowest BCUT2D eigenvalue weighted by atomic mass is 10.0. The number of amides is 2. The van der Waals surface area contributed by atoms with Crippen molar-refractivity contribution < 1.29 is 13.8 Å². The van der Waals surface area contributed by atoms with Gasteiger partial charge in [0, 0.05) is 28.9 Å². The van der Waals surface area contributed by atoms with E-state index in [2.05, 4.69) is 5.32 Å². The van der Waals surface area contributed by atoms with E-state index in [-0.39, 0.29) is 24.4 Å². The van der Waals surface area contributed by atoms with Gasteiger partial charge in [0.2, 0.25) is 5.91 Å². The van der Waals surface area contributed by atoms with Crippen LogP contribution >= 0.6 is 0 Å². The monoisotopic (exact) mass is 308 g/mol. The maximum atomic E-state index is 12.6. The fourth-order valence-electron chi connectivity index (χ4n) is 2.40. The number of nitrogens with zero attached hydrogens (tertiary/aromatic N) is 1. The molecule has 0 aliphatic carbocycles. The first kappa shape index (κ1) is 15.7. The molecular weight excluding hydrogens is 288 g/mol. The van der Waals surface area contributed by atoms with Gasteiger partial charge in [-0.15, -0.1) is 0 Å². The molecule has 0 bridgehead atoms. The highest BCUT2D eigenvalue weighted by Crippen LogP contribution is 2.21. The molecule has 2 rings (SSSR count). The Bertz CT molecular complexity index is 547. The summed E-state index contributed by atoms with van der Waals surface area (Å²) in [6.07, 6.45) is 2.27. The van der Waals surface area contributed by atoms with Crippen LogP contribution in [0.4, 0.5) is 0 Å². The molecule has 3 atom stereocenters. The molecule has 1 fully saturated rings. The van der Waals surface area contributed by atoms with Crippen molar-refractivity contribution in [1.29, 1.82) is 0 Å². The largest absolute Gasteiger partial charge is 0.339 e. The topological polar surface area (TPSA) is 66.5 Å². The maximum absolute atomic E-state index is 12.6. The predicted octanol–water partition coefficient (Wildman–Crippen LogP) is 0.843. The highest BCUT2D eigenvalue weighted by atomic mass is 32.2. The quantitative estimate of drug-likeness (QED) is 0.877. The van der Waals surface area contributed by atoms with Crippen LogP contribution in [0.15, 0.2) is 30.3 Å². The van der Waals surface area contributed by atoms with E-state index in [1.54, 1.807) is 11.2 Å². The minimum atomic E-state index is -0.894. The van der Waals surface area contributed by atoms with Crippen LogP contribution in [0.25, 0.3) is 0 Å². The summed E-state index contributed by atoms with van der Waals surface area (Å²) in [7, 11) is -0.894. The van der Waals surface area contributed by atoms with E-state index in [1.165, 1.54) is 0 Å². The number of hydrogen-bond donors (Lipinski definition) is 1.